The van der Waals surface area contributed by atoms with Crippen molar-refractivity contribution in [3.8, 4) is 0 Å². The van der Waals surface area contributed by atoms with E-state index in [9.17, 15) is 36.2 Å². The second-order valence-electron chi connectivity index (χ2n) is 8.21. The smallest absolute Gasteiger partial charge is 0.393 e. The third kappa shape index (κ3) is 5.09. The third-order valence-electron chi connectivity index (χ3n) is 6.03. The zero-order valence-electron chi connectivity index (χ0n) is 17.2. The summed E-state index contributed by atoms with van der Waals surface area (Å²) in [6.45, 7) is 1.35. The highest BCUT2D eigenvalue weighted by Gasteiger charge is 2.44. The fourth-order valence-corrected chi connectivity index (χ4v) is 4.15. The van der Waals surface area contributed by atoms with Crippen LogP contribution in [0.1, 0.15) is 60.9 Å². The first-order valence-corrected chi connectivity index (χ1v) is 10.2. The van der Waals surface area contributed by atoms with Crippen molar-refractivity contribution in [1.82, 2.24) is 5.32 Å². The van der Waals surface area contributed by atoms with Crippen molar-refractivity contribution in [2.24, 2.45) is 0 Å². The van der Waals surface area contributed by atoms with Gasteiger partial charge in [0.15, 0.2) is 0 Å². The van der Waals surface area contributed by atoms with Gasteiger partial charge in [0.25, 0.3) is 0 Å². The second kappa shape index (κ2) is 8.77. The van der Waals surface area contributed by atoms with Gasteiger partial charge in [-0.05, 0) is 61.9 Å². The number of alkyl halides is 6. The molecule has 1 saturated carbocycles. The molecular weight excluding hydrogens is 436 g/mol. The summed E-state index contributed by atoms with van der Waals surface area (Å²) in [6, 6.07) is 9.01. The van der Waals surface area contributed by atoms with E-state index < -0.39 is 46.9 Å². The van der Waals surface area contributed by atoms with Crippen LogP contribution in [0.5, 0.6) is 0 Å². The van der Waals surface area contributed by atoms with Crippen molar-refractivity contribution in [1.29, 1.82) is 0 Å². The molecule has 1 fully saturated rings. The number of hydrogen-bond donors (Lipinski definition) is 2. The van der Waals surface area contributed by atoms with Crippen molar-refractivity contribution < 1.29 is 36.2 Å². The van der Waals surface area contributed by atoms with Crippen molar-refractivity contribution in [2.75, 3.05) is 0 Å². The average molecular weight is 459 g/mol. The summed E-state index contributed by atoms with van der Waals surface area (Å²) in [5.74, 6) is -0.492. The number of hydrogen-bond acceptors (Lipinski definition) is 2. The maximum absolute atomic E-state index is 13.3. The molecule has 0 heterocycles. The van der Waals surface area contributed by atoms with Crippen molar-refractivity contribution in [3.05, 3.63) is 70.8 Å². The molecule has 1 amide bonds. The molecule has 1 aliphatic rings. The zero-order chi connectivity index (χ0) is 23.7. The lowest BCUT2D eigenvalue weighted by atomic mass is 9.68. The topological polar surface area (TPSA) is 49.3 Å². The molecule has 3 rings (SSSR count). The fourth-order valence-electron chi connectivity index (χ4n) is 4.15. The summed E-state index contributed by atoms with van der Waals surface area (Å²) in [4.78, 5) is 13.3. The van der Waals surface area contributed by atoms with E-state index in [-0.39, 0.29) is 11.6 Å². The molecule has 9 heteroatoms. The van der Waals surface area contributed by atoms with E-state index >= 15 is 0 Å². The van der Waals surface area contributed by atoms with Crippen molar-refractivity contribution >= 4 is 5.91 Å². The van der Waals surface area contributed by atoms with Crippen LogP contribution in [0.4, 0.5) is 26.3 Å². The molecule has 2 aromatic carbocycles. The minimum atomic E-state index is -4.97. The van der Waals surface area contributed by atoms with E-state index in [0.717, 1.165) is 0 Å². The molecule has 0 aliphatic heterocycles. The van der Waals surface area contributed by atoms with Gasteiger partial charge in [-0.1, -0.05) is 30.3 Å². The maximum Gasteiger partial charge on any atom is 0.416 e. The Labute approximate surface area is 181 Å². The van der Waals surface area contributed by atoms with Crippen LogP contribution in [0.2, 0.25) is 0 Å². The predicted octanol–water partition coefficient (Wildman–Crippen LogP) is 5.77. The molecule has 0 saturated heterocycles. The summed E-state index contributed by atoms with van der Waals surface area (Å²) < 4.78 is 79.2. The quantitative estimate of drug-likeness (QED) is 0.570. The number of rotatable bonds is 4. The Morgan fingerprint density at radius 3 is 1.94 bits per heavy atom. The van der Waals surface area contributed by atoms with Crippen LogP contribution < -0.4 is 5.32 Å². The van der Waals surface area contributed by atoms with E-state index in [4.69, 9.17) is 0 Å². The van der Waals surface area contributed by atoms with E-state index in [2.05, 4.69) is 5.32 Å². The number of aliphatic hydroxyl groups excluding tert-OH is 1. The lowest BCUT2D eigenvalue weighted by Gasteiger charge is -2.39. The molecule has 2 N–H and O–H groups in total. The summed E-state index contributed by atoms with van der Waals surface area (Å²) in [7, 11) is 0. The number of benzene rings is 2. The van der Waals surface area contributed by atoms with E-state index in [1.807, 2.05) is 0 Å². The van der Waals surface area contributed by atoms with Gasteiger partial charge >= 0.3 is 12.4 Å². The minimum absolute atomic E-state index is 0.0615. The lowest BCUT2D eigenvalue weighted by molar-refractivity contribution is -0.143. The highest BCUT2D eigenvalue weighted by atomic mass is 19.4. The largest absolute Gasteiger partial charge is 0.416 e. The van der Waals surface area contributed by atoms with Crippen LogP contribution in [0, 0.1) is 0 Å². The highest BCUT2D eigenvalue weighted by Crippen LogP contribution is 2.41. The molecule has 32 heavy (non-hydrogen) atoms. The summed E-state index contributed by atoms with van der Waals surface area (Å²) in [5, 5.41) is 12.5. The molecule has 1 atom stereocenters. The number of aliphatic hydroxyl groups is 1. The van der Waals surface area contributed by atoms with Crippen LogP contribution in [-0.4, -0.2) is 17.1 Å². The van der Waals surface area contributed by atoms with Crippen molar-refractivity contribution in [3.63, 3.8) is 0 Å². The monoisotopic (exact) mass is 459 g/mol. The highest BCUT2D eigenvalue weighted by molar-refractivity contribution is 5.88. The van der Waals surface area contributed by atoms with Gasteiger partial charge in [-0.15, -0.1) is 0 Å². The summed E-state index contributed by atoms with van der Waals surface area (Å²) >= 11 is 0. The molecule has 1 unspecified atom stereocenters. The first-order chi connectivity index (χ1) is 14.8. The van der Waals surface area contributed by atoms with Crippen LogP contribution in [-0.2, 0) is 22.6 Å². The van der Waals surface area contributed by atoms with E-state index in [0.29, 0.717) is 43.4 Å². The van der Waals surface area contributed by atoms with E-state index in [1.165, 1.54) is 6.92 Å². The van der Waals surface area contributed by atoms with Gasteiger partial charge in [-0.3, -0.25) is 4.79 Å². The van der Waals surface area contributed by atoms with Crippen LogP contribution in [0.3, 0.4) is 0 Å². The molecule has 174 valence electrons. The number of amides is 1. The molecule has 3 nitrogen and oxygen atoms in total. The Kier molecular flexibility index (Phi) is 6.60. The molecule has 0 radical (unpaired) electrons. The Bertz CT molecular complexity index is 915. The number of carbonyl (C=O) groups is 1. The first kappa shape index (κ1) is 24.1. The molecule has 0 aromatic heterocycles. The molecular formula is C23H23F6NO2. The average Bonchev–Trinajstić information content (AvgIpc) is 2.73. The van der Waals surface area contributed by atoms with Gasteiger partial charge in [0.1, 0.15) is 0 Å². The Morgan fingerprint density at radius 2 is 1.47 bits per heavy atom. The Morgan fingerprint density at radius 1 is 0.969 bits per heavy atom. The van der Waals surface area contributed by atoms with Gasteiger partial charge in [-0.2, -0.15) is 26.3 Å². The predicted molar refractivity (Wildman–Crippen MR) is 106 cm³/mol. The molecule has 0 bridgehead atoms. The third-order valence-corrected chi connectivity index (χ3v) is 6.03. The molecule has 1 aliphatic carbocycles. The van der Waals surface area contributed by atoms with Crippen molar-refractivity contribution in [2.45, 2.75) is 62.5 Å². The maximum atomic E-state index is 13.3. The van der Waals surface area contributed by atoms with Gasteiger partial charge < -0.3 is 10.4 Å². The summed E-state index contributed by atoms with van der Waals surface area (Å²) in [6.07, 6.45) is -9.15. The molecule has 0 spiro atoms. The van der Waals surface area contributed by atoms with Crippen LogP contribution in [0.15, 0.2) is 48.5 Å². The number of carbonyl (C=O) groups excluding carboxylic acids is 1. The number of halogens is 6. The second-order valence-corrected chi connectivity index (χ2v) is 8.21. The Balaban J connectivity index is 1.94. The van der Waals surface area contributed by atoms with Crippen LogP contribution >= 0.6 is 0 Å². The normalized spacial score (nSPS) is 22.9. The Hall–Kier alpha value is -2.55. The number of nitrogens with one attached hydrogen (secondary N) is 1. The lowest BCUT2D eigenvalue weighted by Crippen LogP contribution is -2.48. The van der Waals surface area contributed by atoms with Gasteiger partial charge in [0.2, 0.25) is 5.91 Å². The minimum Gasteiger partial charge on any atom is -0.393 e. The van der Waals surface area contributed by atoms with E-state index in [1.54, 1.807) is 30.3 Å². The van der Waals surface area contributed by atoms with Crippen LogP contribution in [0.25, 0.3) is 0 Å². The van der Waals surface area contributed by atoms with Gasteiger partial charge in [0, 0.05) is 0 Å². The zero-order valence-corrected chi connectivity index (χ0v) is 17.2. The fraction of sp³-hybridized carbons (Fsp3) is 0.435. The standard InChI is InChI=1S/C23H23F6NO2/c1-14(15-11-17(22(24,25)26)13-18(12-15)23(27,28)29)30-20(32)21(9-7-19(31)8-10-21)16-5-3-2-4-6-16/h2-6,11-14,19,31H,7-10H2,1H3,(H,30,32). The van der Waals surface area contributed by atoms with Gasteiger partial charge in [-0.25, -0.2) is 0 Å². The first-order valence-electron chi connectivity index (χ1n) is 10.2. The molecule has 2 aromatic rings. The summed E-state index contributed by atoms with van der Waals surface area (Å²) in [5.41, 5.74) is -3.48. The SMILES string of the molecule is CC(NC(=O)C1(c2ccccc2)CCC(O)CC1)c1cc(C(F)(F)F)cc(C(F)(F)F)c1. The van der Waals surface area contributed by atoms with Gasteiger partial charge in [0.05, 0.1) is 28.7 Å².